The summed E-state index contributed by atoms with van der Waals surface area (Å²) in [6.07, 6.45) is -5.49. The summed E-state index contributed by atoms with van der Waals surface area (Å²) in [6, 6.07) is 3.56. The van der Waals surface area contributed by atoms with Crippen molar-refractivity contribution in [1.82, 2.24) is 10.2 Å². The van der Waals surface area contributed by atoms with Gasteiger partial charge in [0.15, 0.2) is 9.84 Å². The van der Waals surface area contributed by atoms with Crippen LogP contribution >= 0.6 is 0 Å². The zero-order valence-corrected chi connectivity index (χ0v) is 15.4. The van der Waals surface area contributed by atoms with Crippen LogP contribution in [0.4, 0.5) is 18.0 Å². The highest BCUT2D eigenvalue weighted by Gasteiger charge is 2.34. The fourth-order valence-electron chi connectivity index (χ4n) is 2.66. The Morgan fingerprint density at radius 1 is 1.41 bits per heavy atom. The standard InChI is InChI=1S/C16H21F3N2O5S/c1-21(15(23)20-11-6-7-27(24,25)10-11)8-12(22)9-26-14-5-3-2-4-13(14)16(17,18)19/h2-5,11-12,22H,6-10H2,1H3,(H,20,23)/t11-,12+/m1/s1. The van der Waals surface area contributed by atoms with Gasteiger partial charge in [0.1, 0.15) is 18.5 Å². The molecule has 0 saturated carbocycles. The molecule has 0 spiro atoms. The molecule has 1 aromatic rings. The number of halogens is 3. The van der Waals surface area contributed by atoms with Crippen LogP contribution in [-0.2, 0) is 16.0 Å². The molecule has 0 bridgehead atoms. The summed E-state index contributed by atoms with van der Waals surface area (Å²) in [6.45, 7) is -0.637. The summed E-state index contributed by atoms with van der Waals surface area (Å²) in [7, 11) is -1.76. The number of para-hydroxylation sites is 1. The molecule has 2 N–H and O–H groups in total. The second-order valence-electron chi connectivity index (χ2n) is 6.39. The third-order valence-electron chi connectivity index (χ3n) is 4.02. The number of sulfone groups is 1. The Bertz CT molecular complexity index is 770. The maximum Gasteiger partial charge on any atom is 0.419 e. The average Bonchev–Trinajstić information content (AvgIpc) is 2.90. The first-order valence-electron chi connectivity index (χ1n) is 8.17. The predicted molar refractivity (Wildman–Crippen MR) is 91.2 cm³/mol. The Kier molecular flexibility index (Phi) is 6.58. The van der Waals surface area contributed by atoms with Crippen LogP contribution in [0.25, 0.3) is 0 Å². The minimum Gasteiger partial charge on any atom is -0.490 e. The van der Waals surface area contributed by atoms with Crippen molar-refractivity contribution in [2.24, 2.45) is 0 Å². The van der Waals surface area contributed by atoms with Crippen molar-refractivity contribution >= 4 is 15.9 Å². The van der Waals surface area contributed by atoms with Crippen LogP contribution in [0.5, 0.6) is 5.75 Å². The number of carbonyl (C=O) groups excluding carboxylic acids is 1. The number of hydrogen-bond acceptors (Lipinski definition) is 5. The lowest BCUT2D eigenvalue weighted by molar-refractivity contribution is -0.139. The molecule has 1 fully saturated rings. The molecular formula is C16H21F3N2O5S. The summed E-state index contributed by atoms with van der Waals surface area (Å²) in [4.78, 5) is 13.1. The van der Waals surface area contributed by atoms with Gasteiger partial charge in [0.25, 0.3) is 0 Å². The Labute approximate surface area is 155 Å². The number of benzene rings is 1. The zero-order valence-electron chi connectivity index (χ0n) is 14.6. The number of rotatable bonds is 6. The number of nitrogens with zero attached hydrogens (tertiary/aromatic N) is 1. The average molecular weight is 410 g/mol. The van der Waals surface area contributed by atoms with Gasteiger partial charge in [0, 0.05) is 13.1 Å². The van der Waals surface area contributed by atoms with E-state index in [4.69, 9.17) is 4.74 Å². The molecule has 1 saturated heterocycles. The minimum absolute atomic E-state index is 0.0107. The number of carbonyl (C=O) groups is 1. The smallest absolute Gasteiger partial charge is 0.419 e. The van der Waals surface area contributed by atoms with Gasteiger partial charge < -0.3 is 20.1 Å². The molecule has 2 atom stereocenters. The highest BCUT2D eigenvalue weighted by Crippen LogP contribution is 2.35. The molecular weight excluding hydrogens is 389 g/mol. The highest BCUT2D eigenvalue weighted by atomic mass is 32.2. The number of alkyl halides is 3. The van der Waals surface area contributed by atoms with Crippen molar-refractivity contribution in [3.8, 4) is 5.75 Å². The summed E-state index contributed by atoms with van der Waals surface area (Å²) < 4.78 is 66.5. The zero-order chi connectivity index (χ0) is 20.2. The molecule has 1 aliphatic heterocycles. The van der Waals surface area contributed by atoms with E-state index in [9.17, 15) is 31.5 Å². The van der Waals surface area contributed by atoms with Gasteiger partial charge in [-0.2, -0.15) is 13.2 Å². The molecule has 0 aromatic heterocycles. The molecule has 1 heterocycles. The van der Waals surface area contributed by atoms with Gasteiger partial charge in [-0.1, -0.05) is 12.1 Å². The fraction of sp³-hybridized carbons (Fsp3) is 0.562. The first-order valence-corrected chi connectivity index (χ1v) is 9.99. The highest BCUT2D eigenvalue weighted by molar-refractivity contribution is 7.91. The lowest BCUT2D eigenvalue weighted by Gasteiger charge is -2.23. The van der Waals surface area contributed by atoms with Gasteiger partial charge in [0.05, 0.1) is 23.6 Å². The maximum absolute atomic E-state index is 12.9. The second-order valence-corrected chi connectivity index (χ2v) is 8.62. The van der Waals surface area contributed by atoms with E-state index in [0.29, 0.717) is 6.42 Å². The molecule has 1 aliphatic rings. The monoisotopic (exact) mass is 410 g/mol. The van der Waals surface area contributed by atoms with E-state index in [-0.39, 0.29) is 18.1 Å². The number of likely N-dealkylation sites (N-methyl/N-ethyl adjacent to an activating group) is 1. The van der Waals surface area contributed by atoms with Gasteiger partial charge in [0.2, 0.25) is 0 Å². The number of hydrogen-bond donors (Lipinski definition) is 2. The molecule has 152 valence electrons. The number of aliphatic hydroxyl groups excluding tert-OH is 1. The van der Waals surface area contributed by atoms with Gasteiger partial charge in [-0.3, -0.25) is 0 Å². The Balaban J connectivity index is 1.83. The van der Waals surface area contributed by atoms with Crippen molar-refractivity contribution in [3.63, 3.8) is 0 Å². The first kappa shape index (κ1) is 21.3. The van der Waals surface area contributed by atoms with Crippen LogP contribution in [0.15, 0.2) is 24.3 Å². The third-order valence-corrected chi connectivity index (χ3v) is 5.78. The predicted octanol–water partition coefficient (Wildman–Crippen LogP) is 1.27. The summed E-state index contributed by atoms with van der Waals surface area (Å²) in [5.41, 5.74) is -0.953. The second kappa shape index (κ2) is 8.34. The van der Waals surface area contributed by atoms with E-state index in [1.165, 1.54) is 19.2 Å². The maximum atomic E-state index is 12.9. The normalized spacial score (nSPS) is 20.1. The summed E-state index contributed by atoms with van der Waals surface area (Å²) in [5, 5.41) is 12.5. The fourth-order valence-corrected chi connectivity index (χ4v) is 4.33. The molecule has 2 amide bonds. The number of urea groups is 1. The van der Waals surface area contributed by atoms with Gasteiger partial charge in [-0.15, -0.1) is 0 Å². The molecule has 0 unspecified atom stereocenters. The number of aliphatic hydroxyl groups is 1. The third kappa shape index (κ3) is 6.28. The lowest BCUT2D eigenvalue weighted by atomic mass is 10.2. The Morgan fingerprint density at radius 2 is 2.07 bits per heavy atom. The largest absolute Gasteiger partial charge is 0.490 e. The van der Waals surface area contributed by atoms with E-state index in [1.807, 2.05) is 0 Å². The van der Waals surface area contributed by atoms with E-state index < -0.39 is 52.1 Å². The van der Waals surface area contributed by atoms with Crippen molar-refractivity contribution < 1.29 is 36.2 Å². The summed E-state index contributed by atoms with van der Waals surface area (Å²) in [5.74, 6) is -0.532. The lowest BCUT2D eigenvalue weighted by Crippen LogP contribution is -2.46. The number of nitrogens with one attached hydrogen (secondary N) is 1. The topological polar surface area (TPSA) is 95.9 Å². The number of amides is 2. The minimum atomic E-state index is -4.58. The van der Waals surface area contributed by atoms with Crippen LogP contribution in [0.3, 0.4) is 0 Å². The van der Waals surface area contributed by atoms with Crippen molar-refractivity contribution in [1.29, 1.82) is 0 Å². The van der Waals surface area contributed by atoms with Gasteiger partial charge in [-0.05, 0) is 18.6 Å². The Hall–Kier alpha value is -2.01. The quantitative estimate of drug-likeness (QED) is 0.737. The molecule has 0 radical (unpaired) electrons. The summed E-state index contributed by atoms with van der Waals surface area (Å²) >= 11 is 0. The van der Waals surface area contributed by atoms with Crippen molar-refractivity contribution in [3.05, 3.63) is 29.8 Å². The molecule has 11 heteroatoms. The van der Waals surface area contributed by atoms with Crippen molar-refractivity contribution in [2.75, 3.05) is 31.7 Å². The molecule has 0 aliphatic carbocycles. The molecule has 7 nitrogen and oxygen atoms in total. The Morgan fingerprint density at radius 3 is 2.67 bits per heavy atom. The van der Waals surface area contributed by atoms with Crippen LogP contribution in [0.2, 0.25) is 0 Å². The molecule has 27 heavy (non-hydrogen) atoms. The number of ether oxygens (including phenoxy) is 1. The van der Waals surface area contributed by atoms with E-state index in [1.54, 1.807) is 0 Å². The molecule has 2 rings (SSSR count). The van der Waals surface area contributed by atoms with E-state index in [2.05, 4.69) is 5.32 Å². The van der Waals surface area contributed by atoms with Crippen LogP contribution in [-0.4, -0.2) is 68.3 Å². The SMILES string of the molecule is CN(C[C@H](O)COc1ccccc1C(F)(F)F)C(=O)N[C@@H]1CCS(=O)(=O)C1. The first-order chi connectivity index (χ1) is 12.5. The van der Waals surface area contributed by atoms with Gasteiger partial charge >= 0.3 is 12.2 Å². The molecule has 1 aromatic carbocycles. The van der Waals surface area contributed by atoms with Crippen LogP contribution < -0.4 is 10.1 Å². The van der Waals surface area contributed by atoms with Crippen LogP contribution in [0, 0.1) is 0 Å². The van der Waals surface area contributed by atoms with E-state index >= 15 is 0 Å². The van der Waals surface area contributed by atoms with Gasteiger partial charge in [-0.25, -0.2) is 13.2 Å². The van der Waals surface area contributed by atoms with Crippen LogP contribution in [0.1, 0.15) is 12.0 Å². The van der Waals surface area contributed by atoms with E-state index in [0.717, 1.165) is 17.0 Å². The van der Waals surface area contributed by atoms with Crippen molar-refractivity contribution in [2.45, 2.75) is 24.7 Å².